The Morgan fingerprint density at radius 1 is 1.09 bits per heavy atom. The van der Waals surface area contributed by atoms with Crippen LogP contribution in [0.5, 0.6) is 0 Å². The van der Waals surface area contributed by atoms with Crippen molar-refractivity contribution in [1.82, 2.24) is 0 Å². The summed E-state index contributed by atoms with van der Waals surface area (Å²) >= 11 is 0. The molecule has 0 aromatic heterocycles. The highest BCUT2D eigenvalue weighted by atomic mass is 19.1. The number of benzene rings is 2. The minimum absolute atomic E-state index is 0.229. The first-order valence-corrected chi connectivity index (χ1v) is 7.16. The van der Waals surface area contributed by atoms with E-state index in [9.17, 15) is 14.4 Å². The molecule has 0 N–H and O–H groups in total. The van der Waals surface area contributed by atoms with Gasteiger partial charge in [0.1, 0.15) is 5.82 Å². The molecule has 0 spiro atoms. The van der Waals surface area contributed by atoms with Crippen LogP contribution >= 0.6 is 0 Å². The lowest BCUT2D eigenvalue weighted by atomic mass is 9.98. The molecule has 0 bridgehead atoms. The van der Waals surface area contributed by atoms with Crippen LogP contribution in [0.15, 0.2) is 42.5 Å². The van der Waals surface area contributed by atoms with Gasteiger partial charge in [0.25, 0.3) is 5.91 Å². The average Bonchev–Trinajstić information content (AvgIpc) is 2.90. The molecule has 0 atom stereocenters. The van der Waals surface area contributed by atoms with Gasteiger partial charge in [-0.05, 0) is 30.2 Å². The molecule has 2 aliphatic heterocycles. The van der Waals surface area contributed by atoms with Crippen LogP contribution in [0.4, 0.5) is 10.1 Å². The van der Waals surface area contributed by atoms with Gasteiger partial charge in [-0.1, -0.05) is 24.3 Å². The first-order valence-electron chi connectivity index (χ1n) is 7.16. The van der Waals surface area contributed by atoms with Crippen LogP contribution < -0.4 is 4.90 Å². The maximum atomic E-state index is 14.2. The van der Waals surface area contributed by atoms with Gasteiger partial charge in [-0.25, -0.2) is 4.39 Å². The fourth-order valence-corrected chi connectivity index (χ4v) is 3.25. The van der Waals surface area contributed by atoms with Gasteiger partial charge in [0.2, 0.25) is 12.3 Å². The molecule has 0 saturated heterocycles. The molecule has 4 nitrogen and oxygen atoms in total. The second kappa shape index (κ2) is 4.66. The van der Waals surface area contributed by atoms with E-state index in [-0.39, 0.29) is 23.7 Å². The van der Waals surface area contributed by atoms with Crippen LogP contribution in [0.3, 0.4) is 0 Å². The van der Waals surface area contributed by atoms with Gasteiger partial charge in [-0.2, -0.15) is 4.74 Å². The topological polar surface area (TPSA) is 46.4 Å². The Labute approximate surface area is 126 Å². The van der Waals surface area contributed by atoms with Gasteiger partial charge in [0.15, 0.2) is 0 Å². The van der Waals surface area contributed by atoms with E-state index in [0.29, 0.717) is 16.8 Å². The zero-order chi connectivity index (χ0) is 15.3. The molecule has 2 heterocycles. The van der Waals surface area contributed by atoms with Crippen LogP contribution in [0.1, 0.15) is 16.7 Å². The lowest BCUT2D eigenvalue weighted by Crippen LogP contribution is -2.33. The summed E-state index contributed by atoms with van der Waals surface area (Å²) in [6.07, 6.45) is 0.762. The Kier molecular flexibility index (Phi) is 2.76. The van der Waals surface area contributed by atoms with Crippen molar-refractivity contribution in [3.8, 4) is 0 Å². The van der Waals surface area contributed by atoms with Crippen molar-refractivity contribution in [3.05, 3.63) is 70.2 Å². The van der Waals surface area contributed by atoms with E-state index in [1.54, 1.807) is 29.2 Å². The number of hydrogen-bond donors (Lipinski definition) is 0. The van der Waals surface area contributed by atoms with Crippen molar-refractivity contribution in [2.24, 2.45) is 0 Å². The first kappa shape index (κ1) is 13.0. The van der Waals surface area contributed by atoms with Crippen molar-refractivity contribution in [2.75, 3.05) is 18.0 Å². The van der Waals surface area contributed by atoms with E-state index >= 15 is 0 Å². The summed E-state index contributed by atoms with van der Waals surface area (Å²) in [6.45, 7) is 0.279. The number of hydrogen-bond acceptors (Lipinski definition) is 2. The molecule has 1 amide bonds. The van der Waals surface area contributed by atoms with Gasteiger partial charge in [0.05, 0.1) is 16.8 Å². The molecule has 2 aromatic rings. The maximum absolute atomic E-state index is 14.2. The highest BCUT2D eigenvalue weighted by Crippen LogP contribution is 2.35. The van der Waals surface area contributed by atoms with Crippen LogP contribution in [0, 0.1) is 11.0 Å². The Balaban J connectivity index is 2.04. The van der Waals surface area contributed by atoms with Crippen LogP contribution in [-0.2, 0) is 11.2 Å². The Bertz CT molecular complexity index is 829. The Hall–Kier alpha value is -2.69. The average molecular weight is 296 g/mol. The van der Waals surface area contributed by atoms with Gasteiger partial charge in [-0.3, -0.25) is 4.79 Å². The molecule has 0 saturated carbocycles. The molecule has 22 heavy (non-hydrogen) atoms. The summed E-state index contributed by atoms with van der Waals surface area (Å²) in [5, 5.41) is 12.5. The normalized spacial score (nSPS) is 16.8. The van der Waals surface area contributed by atoms with Crippen molar-refractivity contribution in [2.45, 2.75) is 6.42 Å². The lowest BCUT2D eigenvalue weighted by Gasteiger charge is -2.15. The summed E-state index contributed by atoms with van der Waals surface area (Å²) in [4.78, 5) is 13.9. The van der Waals surface area contributed by atoms with Crippen LogP contribution in [0.2, 0.25) is 0 Å². The van der Waals surface area contributed by atoms with E-state index in [0.717, 1.165) is 17.7 Å². The molecular weight excluding hydrogens is 283 g/mol. The van der Waals surface area contributed by atoms with Crippen molar-refractivity contribution in [3.63, 3.8) is 0 Å². The van der Waals surface area contributed by atoms with Crippen LogP contribution in [-0.4, -0.2) is 29.4 Å². The number of amides is 1. The standard InChI is InChI=1S/C17H13FN2O2/c18-14-7-2-1-5-12(14)17-13-6-3-4-11-8-9-19(16(11)13)15(21)10-20(17)22/h1-7H,8-10H2. The molecule has 2 aromatic carbocycles. The number of rotatable bonds is 1. The fourth-order valence-electron chi connectivity index (χ4n) is 3.25. The second-order valence-electron chi connectivity index (χ2n) is 5.47. The van der Waals surface area contributed by atoms with E-state index < -0.39 is 5.82 Å². The quantitative estimate of drug-likeness (QED) is 0.597. The fraction of sp³-hybridized carbons (Fsp3) is 0.176. The zero-order valence-corrected chi connectivity index (χ0v) is 11.8. The third-order valence-electron chi connectivity index (χ3n) is 4.21. The largest absolute Gasteiger partial charge is 0.623 e. The molecule has 0 unspecified atom stereocenters. The highest BCUT2D eigenvalue weighted by molar-refractivity contribution is 6.17. The summed E-state index contributed by atoms with van der Waals surface area (Å²) in [6, 6.07) is 11.7. The van der Waals surface area contributed by atoms with Gasteiger partial charge >= 0.3 is 0 Å². The van der Waals surface area contributed by atoms with Gasteiger partial charge < -0.3 is 10.1 Å². The summed E-state index contributed by atoms with van der Waals surface area (Å²) < 4.78 is 14.8. The Morgan fingerprint density at radius 2 is 1.86 bits per heavy atom. The molecular formula is C17H13FN2O2. The minimum atomic E-state index is -0.463. The smallest absolute Gasteiger partial charge is 0.293 e. The summed E-state index contributed by atoms with van der Waals surface area (Å²) in [5.41, 5.74) is 2.86. The SMILES string of the molecule is O=C1C[N+]([O-])=C(c2ccccc2F)c2cccc3c2N1CC3. The first-order chi connectivity index (χ1) is 10.7. The number of nitrogens with zero attached hydrogens (tertiary/aromatic N) is 2. The van der Waals surface area contributed by atoms with Gasteiger partial charge in [-0.15, -0.1) is 0 Å². The third-order valence-corrected chi connectivity index (χ3v) is 4.21. The lowest BCUT2D eigenvalue weighted by molar-refractivity contribution is -0.443. The second-order valence-corrected chi connectivity index (χ2v) is 5.47. The number of anilines is 1. The molecule has 110 valence electrons. The van der Waals surface area contributed by atoms with Crippen molar-refractivity contribution < 1.29 is 13.9 Å². The number of carbonyl (C=O) groups is 1. The highest BCUT2D eigenvalue weighted by Gasteiger charge is 2.36. The number of hydroxylamine groups is 1. The number of halogens is 1. The number of carbonyl (C=O) groups excluding carboxylic acids is 1. The predicted octanol–water partition coefficient (Wildman–Crippen LogP) is 2.08. The minimum Gasteiger partial charge on any atom is -0.623 e. The summed E-state index contributed by atoms with van der Waals surface area (Å²) in [7, 11) is 0. The molecule has 5 heteroatoms. The van der Waals surface area contributed by atoms with E-state index in [1.165, 1.54) is 6.07 Å². The number of para-hydroxylation sites is 1. The maximum Gasteiger partial charge on any atom is 0.293 e. The predicted molar refractivity (Wildman–Crippen MR) is 80.6 cm³/mol. The van der Waals surface area contributed by atoms with Crippen LogP contribution in [0.25, 0.3) is 0 Å². The molecule has 0 radical (unpaired) electrons. The van der Waals surface area contributed by atoms with Gasteiger partial charge in [0, 0.05) is 6.54 Å². The van der Waals surface area contributed by atoms with Crippen molar-refractivity contribution in [1.29, 1.82) is 0 Å². The van der Waals surface area contributed by atoms with E-state index in [1.807, 2.05) is 12.1 Å². The van der Waals surface area contributed by atoms with E-state index in [2.05, 4.69) is 0 Å². The van der Waals surface area contributed by atoms with E-state index in [4.69, 9.17) is 0 Å². The monoisotopic (exact) mass is 296 g/mol. The third kappa shape index (κ3) is 1.75. The molecule has 2 aliphatic rings. The Morgan fingerprint density at radius 3 is 2.68 bits per heavy atom. The summed E-state index contributed by atoms with van der Waals surface area (Å²) in [5.74, 6) is -0.706. The molecule has 4 rings (SSSR count). The molecule has 0 aliphatic carbocycles. The van der Waals surface area contributed by atoms with Crippen molar-refractivity contribution >= 4 is 17.3 Å². The molecule has 0 fully saturated rings. The zero-order valence-electron chi connectivity index (χ0n) is 11.8.